The van der Waals surface area contributed by atoms with Gasteiger partial charge in [-0.15, -0.1) is 0 Å². The highest BCUT2D eigenvalue weighted by atomic mass is 16.5. The van der Waals surface area contributed by atoms with Gasteiger partial charge in [0.1, 0.15) is 0 Å². The van der Waals surface area contributed by atoms with Crippen molar-refractivity contribution in [1.29, 1.82) is 0 Å². The van der Waals surface area contributed by atoms with Crippen molar-refractivity contribution in [1.82, 2.24) is 4.90 Å². The Balaban J connectivity index is 3.71. The maximum Gasteiger partial charge on any atom is 0.0900 e. The average Bonchev–Trinajstić information content (AvgIpc) is 1.96. The topological polar surface area (TPSA) is 52.9 Å². The summed E-state index contributed by atoms with van der Waals surface area (Å²) in [7, 11) is 1.87. The quantitative estimate of drug-likeness (QED) is 0.654. The first kappa shape index (κ1) is 14.8. The van der Waals surface area contributed by atoms with Gasteiger partial charge in [0.15, 0.2) is 0 Å². The first-order valence-corrected chi connectivity index (χ1v) is 5.41. The molecule has 92 valence electrons. The van der Waals surface area contributed by atoms with Crippen molar-refractivity contribution in [3.63, 3.8) is 0 Å². The fraction of sp³-hybridized carbons (Fsp3) is 1.00. The largest absolute Gasteiger partial charge is 0.389 e. The smallest absolute Gasteiger partial charge is 0.0900 e. The van der Waals surface area contributed by atoms with Crippen LogP contribution in [0.15, 0.2) is 0 Å². The van der Waals surface area contributed by atoms with Gasteiger partial charge in [0.2, 0.25) is 0 Å². The van der Waals surface area contributed by atoms with E-state index in [1.165, 1.54) is 0 Å². The average molecular weight is 219 g/mol. The summed E-state index contributed by atoms with van der Waals surface area (Å²) in [6, 6.07) is 0. The van der Waals surface area contributed by atoms with Crippen LogP contribution in [-0.2, 0) is 4.74 Å². The molecule has 0 rings (SSSR count). The van der Waals surface area contributed by atoms with E-state index < -0.39 is 11.7 Å². The monoisotopic (exact) mass is 219 g/mol. The zero-order chi connectivity index (χ0) is 12.1. The molecule has 1 unspecified atom stereocenters. The lowest BCUT2D eigenvalue weighted by atomic mass is 10.1. The number of rotatable bonds is 7. The standard InChI is InChI=1S/C11H25NO3/c1-9(2)15-7-10(13)6-12(5)8-11(3,4)14/h9-10,13-14H,6-8H2,1-5H3. The number of ether oxygens (including phenoxy) is 1. The minimum absolute atomic E-state index is 0.138. The predicted octanol–water partition coefficient (Wildman–Crippen LogP) is 0.475. The van der Waals surface area contributed by atoms with Crippen LogP contribution in [0.5, 0.6) is 0 Å². The molecule has 1 atom stereocenters. The molecule has 0 heterocycles. The van der Waals surface area contributed by atoms with Crippen molar-refractivity contribution in [3.8, 4) is 0 Å². The number of hydrogen-bond donors (Lipinski definition) is 2. The Morgan fingerprint density at radius 2 is 1.87 bits per heavy atom. The minimum atomic E-state index is -0.729. The van der Waals surface area contributed by atoms with Crippen LogP contribution in [-0.4, -0.2) is 59.7 Å². The molecule has 0 aliphatic carbocycles. The molecule has 15 heavy (non-hydrogen) atoms. The van der Waals surface area contributed by atoms with Gasteiger partial charge in [-0.25, -0.2) is 0 Å². The normalized spacial score (nSPS) is 15.0. The predicted molar refractivity (Wildman–Crippen MR) is 60.9 cm³/mol. The molecular weight excluding hydrogens is 194 g/mol. The number of hydrogen-bond acceptors (Lipinski definition) is 4. The summed E-state index contributed by atoms with van der Waals surface area (Å²) in [6.07, 6.45) is -0.362. The lowest BCUT2D eigenvalue weighted by molar-refractivity contribution is -0.0183. The molecule has 0 radical (unpaired) electrons. The zero-order valence-electron chi connectivity index (χ0n) is 10.5. The molecular formula is C11H25NO3. The second-order valence-electron chi connectivity index (χ2n) is 5.05. The van der Waals surface area contributed by atoms with Gasteiger partial charge in [-0.1, -0.05) is 0 Å². The molecule has 0 aromatic carbocycles. The third-order valence-electron chi connectivity index (χ3n) is 1.80. The van der Waals surface area contributed by atoms with Crippen molar-refractivity contribution < 1.29 is 14.9 Å². The van der Waals surface area contributed by atoms with E-state index in [0.29, 0.717) is 19.7 Å². The van der Waals surface area contributed by atoms with E-state index in [2.05, 4.69) is 0 Å². The van der Waals surface area contributed by atoms with E-state index in [1.807, 2.05) is 25.8 Å². The first-order valence-electron chi connectivity index (χ1n) is 5.41. The van der Waals surface area contributed by atoms with E-state index >= 15 is 0 Å². The van der Waals surface area contributed by atoms with Crippen LogP contribution in [0.25, 0.3) is 0 Å². The van der Waals surface area contributed by atoms with Crippen LogP contribution < -0.4 is 0 Å². The third-order valence-corrected chi connectivity index (χ3v) is 1.80. The highest BCUT2D eigenvalue weighted by Crippen LogP contribution is 2.04. The lowest BCUT2D eigenvalue weighted by Crippen LogP contribution is -2.41. The van der Waals surface area contributed by atoms with E-state index in [9.17, 15) is 10.2 Å². The molecule has 0 aromatic heterocycles. The first-order chi connectivity index (χ1) is 6.70. The number of aliphatic hydroxyl groups excluding tert-OH is 1. The molecule has 2 N–H and O–H groups in total. The van der Waals surface area contributed by atoms with Crippen molar-refractivity contribution >= 4 is 0 Å². The summed E-state index contributed by atoms with van der Waals surface area (Å²) in [6.45, 7) is 8.76. The number of nitrogens with zero attached hydrogens (tertiary/aromatic N) is 1. The van der Waals surface area contributed by atoms with E-state index in [4.69, 9.17) is 4.74 Å². The Morgan fingerprint density at radius 3 is 2.27 bits per heavy atom. The molecule has 0 bridgehead atoms. The van der Waals surface area contributed by atoms with Crippen LogP contribution in [0.1, 0.15) is 27.7 Å². The second kappa shape index (κ2) is 6.43. The van der Waals surface area contributed by atoms with Gasteiger partial charge in [0, 0.05) is 13.1 Å². The molecule has 0 amide bonds. The number of aliphatic hydroxyl groups is 2. The number of likely N-dealkylation sites (N-methyl/N-ethyl adjacent to an activating group) is 1. The van der Waals surface area contributed by atoms with Crippen LogP contribution in [0.3, 0.4) is 0 Å². The van der Waals surface area contributed by atoms with E-state index in [1.54, 1.807) is 13.8 Å². The molecule has 0 aliphatic heterocycles. The van der Waals surface area contributed by atoms with E-state index in [0.717, 1.165) is 0 Å². The Kier molecular flexibility index (Phi) is 6.36. The molecule has 0 aliphatic rings. The minimum Gasteiger partial charge on any atom is -0.389 e. The highest BCUT2D eigenvalue weighted by Gasteiger charge is 2.17. The van der Waals surface area contributed by atoms with Crippen LogP contribution >= 0.6 is 0 Å². The fourth-order valence-electron chi connectivity index (χ4n) is 1.44. The lowest BCUT2D eigenvalue weighted by Gasteiger charge is -2.27. The van der Waals surface area contributed by atoms with Crippen LogP contribution in [0.4, 0.5) is 0 Å². The SMILES string of the molecule is CC(C)OCC(O)CN(C)CC(C)(C)O. The summed E-state index contributed by atoms with van der Waals surface area (Å²) >= 11 is 0. The summed E-state index contributed by atoms with van der Waals surface area (Å²) in [5.41, 5.74) is -0.729. The zero-order valence-corrected chi connectivity index (χ0v) is 10.5. The maximum atomic E-state index is 9.62. The van der Waals surface area contributed by atoms with Crippen LogP contribution in [0, 0.1) is 0 Å². The summed E-state index contributed by atoms with van der Waals surface area (Å²) in [4.78, 5) is 1.90. The second-order valence-corrected chi connectivity index (χ2v) is 5.05. The molecule has 0 saturated carbocycles. The molecule has 0 spiro atoms. The van der Waals surface area contributed by atoms with Gasteiger partial charge in [-0.05, 0) is 34.7 Å². The third kappa shape index (κ3) is 10.1. The summed E-state index contributed by atoms with van der Waals surface area (Å²) < 4.78 is 5.30. The van der Waals surface area contributed by atoms with Crippen molar-refractivity contribution in [2.45, 2.75) is 45.5 Å². The van der Waals surface area contributed by atoms with E-state index in [-0.39, 0.29) is 6.10 Å². The fourth-order valence-corrected chi connectivity index (χ4v) is 1.44. The van der Waals surface area contributed by atoms with Crippen molar-refractivity contribution in [2.24, 2.45) is 0 Å². The van der Waals surface area contributed by atoms with Gasteiger partial charge in [0.05, 0.1) is 24.4 Å². The van der Waals surface area contributed by atoms with Gasteiger partial charge >= 0.3 is 0 Å². The molecule has 0 fully saturated rings. The van der Waals surface area contributed by atoms with Crippen molar-refractivity contribution in [2.75, 3.05) is 26.7 Å². The summed E-state index contributed by atoms with van der Waals surface area (Å²) in [5, 5.41) is 19.2. The van der Waals surface area contributed by atoms with Gasteiger partial charge < -0.3 is 19.8 Å². The Bertz CT molecular complexity index is 166. The van der Waals surface area contributed by atoms with Gasteiger partial charge in [0.25, 0.3) is 0 Å². The summed E-state index contributed by atoms with van der Waals surface area (Å²) in [5.74, 6) is 0. The van der Waals surface area contributed by atoms with Crippen molar-refractivity contribution in [3.05, 3.63) is 0 Å². The Labute approximate surface area is 92.9 Å². The maximum absolute atomic E-state index is 9.62. The van der Waals surface area contributed by atoms with Crippen LogP contribution in [0.2, 0.25) is 0 Å². The Morgan fingerprint density at radius 1 is 1.33 bits per heavy atom. The molecule has 4 heteroatoms. The van der Waals surface area contributed by atoms with Gasteiger partial charge in [-0.3, -0.25) is 0 Å². The Hall–Kier alpha value is -0.160. The highest BCUT2D eigenvalue weighted by molar-refractivity contribution is 4.71. The van der Waals surface area contributed by atoms with Gasteiger partial charge in [-0.2, -0.15) is 0 Å². The molecule has 4 nitrogen and oxygen atoms in total. The molecule has 0 saturated heterocycles. The molecule has 0 aromatic rings.